The molecule has 0 saturated heterocycles. The molecule has 2 aromatic carbocycles. The lowest BCUT2D eigenvalue weighted by Crippen LogP contribution is -2.07. The Hall–Kier alpha value is -2.77. The third kappa shape index (κ3) is 4.81. The molecule has 0 aliphatic carbocycles. The van der Waals surface area contributed by atoms with Gasteiger partial charge in [0, 0.05) is 30.7 Å². The number of anilines is 1. The summed E-state index contributed by atoms with van der Waals surface area (Å²) in [6.07, 6.45) is 1.80. The van der Waals surface area contributed by atoms with Crippen molar-refractivity contribution >= 4 is 28.3 Å². The minimum atomic E-state index is 0.256. The average Bonchev–Trinajstić information content (AvgIpc) is 3.20. The zero-order chi connectivity index (χ0) is 20.1. The number of methoxy groups -OCH3 is 1. The maximum atomic E-state index is 6.19. The summed E-state index contributed by atoms with van der Waals surface area (Å²) in [4.78, 5) is 9.05. The van der Waals surface area contributed by atoms with Gasteiger partial charge < -0.3 is 24.3 Å². The molecule has 0 bridgehead atoms. The zero-order valence-corrected chi connectivity index (χ0v) is 16.9. The number of halogens is 1. The molecule has 29 heavy (non-hydrogen) atoms. The summed E-state index contributed by atoms with van der Waals surface area (Å²) in [5.74, 6) is 2.18. The Kier molecular flexibility index (Phi) is 6.17. The fourth-order valence-electron chi connectivity index (χ4n) is 3.03. The Morgan fingerprint density at radius 1 is 1.03 bits per heavy atom. The highest BCUT2D eigenvalue weighted by molar-refractivity contribution is 6.31. The van der Waals surface area contributed by atoms with E-state index < -0.39 is 0 Å². The Morgan fingerprint density at radius 2 is 1.90 bits per heavy atom. The first-order valence-electron chi connectivity index (χ1n) is 9.44. The fourth-order valence-corrected chi connectivity index (χ4v) is 3.20. The molecule has 0 spiro atoms. The number of nitrogens with one attached hydrogen (secondary N) is 1. The van der Waals surface area contributed by atoms with E-state index in [2.05, 4.69) is 15.3 Å². The number of ether oxygens (including phenoxy) is 4. The van der Waals surface area contributed by atoms with E-state index in [-0.39, 0.29) is 6.79 Å². The second-order valence-corrected chi connectivity index (χ2v) is 7.04. The Morgan fingerprint density at radius 3 is 2.79 bits per heavy atom. The summed E-state index contributed by atoms with van der Waals surface area (Å²) < 4.78 is 21.6. The predicted octanol–water partition coefficient (Wildman–Crippen LogP) is 4.43. The van der Waals surface area contributed by atoms with Crippen molar-refractivity contribution in [2.75, 3.05) is 32.4 Å². The highest BCUT2D eigenvalue weighted by Crippen LogP contribution is 2.33. The molecule has 0 saturated carbocycles. The number of nitrogens with zero attached hydrogens (tertiary/aromatic N) is 2. The van der Waals surface area contributed by atoms with Crippen LogP contribution in [-0.2, 0) is 11.3 Å². The molecule has 0 atom stereocenters. The summed E-state index contributed by atoms with van der Waals surface area (Å²) in [6, 6.07) is 11.7. The third-order valence-corrected chi connectivity index (χ3v) is 4.74. The van der Waals surface area contributed by atoms with Gasteiger partial charge in [-0.25, -0.2) is 0 Å². The van der Waals surface area contributed by atoms with Gasteiger partial charge in [-0.1, -0.05) is 17.7 Å². The summed E-state index contributed by atoms with van der Waals surface area (Å²) in [7, 11) is 1.69. The van der Waals surface area contributed by atoms with Crippen LogP contribution in [0.15, 0.2) is 36.4 Å². The smallest absolute Gasteiger partial charge is 0.318 e. The predicted molar refractivity (Wildman–Crippen MR) is 111 cm³/mol. The lowest BCUT2D eigenvalue weighted by atomic mass is 10.2. The van der Waals surface area contributed by atoms with Crippen LogP contribution in [0, 0.1) is 0 Å². The highest BCUT2D eigenvalue weighted by atomic mass is 35.5. The maximum Gasteiger partial charge on any atom is 0.318 e. The van der Waals surface area contributed by atoms with Crippen molar-refractivity contribution in [2.45, 2.75) is 19.4 Å². The molecule has 152 valence electrons. The van der Waals surface area contributed by atoms with Crippen LogP contribution in [-0.4, -0.2) is 37.1 Å². The van der Waals surface area contributed by atoms with Gasteiger partial charge in [-0.2, -0.15) is 9.97 Å². The molecule has 8 heteroatoms. The van der Waals surface area contributed by atoms with E-state index in [1.165, 1.54) is 0 Å². The first-order chi connectivity index (χ1) is 14.2. The molecule has 0 amide bonds. The topological polar surface area (TPSA) is 74.7 Å². The molecular weight excluding hydrogens is 394 g/mol. The largest absolute Gasteiger partial charge is 0.463 e. The van der Waals surface area contributed by atoms with Crippen molar-refractivity contribution < 1.29 is 18.9 Å². The van der Waals surface area contributed by atoms with E-state index in [4.69, 9.17) is 30.5 Å². The molecule has 7 nitrogen and oxygen atoms in total. The number of fused-ring (bicyclic) bond motifs is 2. The van der Waals surface area contributed by atoms with Gasteiger partial charge in [0.2, 0.25) is 6.79 Å². The van der Waals surface area contributed by atoms with Crippen LogP contribution in [0.1, 0.15) is 18.4 Å². The average molecular weight is 416 g/mol. The quantitative estimate of drug-likeness (QED) is 0.518. The van der Waals surface area contributed by atoms with Gasteiger partial charge in [0.25, 0.3) is 0 Å². The molecule has 1 N–H and O–H groups in total. The SMILES string of the molecule is COCCCCOc1nc(NCc2ccc3c(c2)OCO3)c2cc(Cl)ccc2n1. The second kappa shape index (κ2) is 9.15. The molecule has 0 unspecified atom stereocenters. The third-order valence-electron chi connectivity index (χ3n) is 4.51. The molecule has 1 aliphatic rings. The lowest BCUT2D eigenvalue weighted by Gasteiger charge is -2.12. The van der Waals surface area contributed by atoms with Gasteiger partial charge in [0.05, 0.1) is 12.1 Å². The number of aromatic nitrogens is 2. The number of benzene rings is 2. The number of hydrogen-bond donors (Lipinski definition) is 1. The van der Waals surface area contributed by atoms with E-state index in [0.29, 0.717) is 36.6 Å². The monoisotopic (exact) mass is 415 g/mol. The van der Waals surface area contributed by atoms with Gasteiger partial charge in [0.15, 0.2) is 11.5 Å². The lowest BCUT2D eigenvalue weighted by molar-refractivity contribution is 0.174. The summed E-state index contributed by atoms with van der Waals surface area (Å²) in [5.41, 5.74) is 1.81. The molecule has 0 fully saturated rings. The zero-order valence-electron chi connectivity index (χ0n) is 16.1. The van der Waals surface area contributed by atoms with Crippen LogP contribution in [0.3, 0.4) is 0 Å². The van der Waals surface area contributed by atoms with Crippen LogP contribution < -0.4 is 19.5 Å². The number of rotatable bonds is 9. The van der Waals surface area contributed by atoms with Crippen molar-refractivity contribution in [2.24, 2.45) is 0 Å². The van der Waals surface area contributed by atoms with Crippen molar-refractivity contribution in [3.8, 4) is 17.5 Å². The van der Waals surface area contributed by atoms with Crippen LogP contribution in [0.25, 0.3) is 10.9 Å². The second-order valence-electron chi connectivity index (χ2n) is 6.61. The molecule has 1 aliphatic heterocycles. The van der Waals surface area contributed by atoms with E-state index in [1.807, 2.05) is 30.3 Å². The van der Waals surface area contributed by atoms with Crippen LogP contribution >= 0.6 is 11.6 Å². The molecule has 1 aromatic heterocycles. The Balaban J connectivity index is 1.52. The first kappa shape index (κ1) is 19.5. The summed E-state index contributed by atoms with van der Waals surface area (Å²) in [5, 5.41) is 4.83. The normalized spacial score (nSPS) is 12.3. The van der Waals surface area contributed by atoms with E-state index >= 15 is 0 Å². The molecular formula is C21H22ClN3O4. The number of hydrogen-bond acceptors (Lipinski definition) is 7. The first-order valence-corrected chi connectivity index (χ1v) is 9.82. The van der Waals surface area contributed by atoms with Crippen molar-refractivity contribution in [1.82, 2.24) is 9.97 Å². The highest BCUT2D eigenvalue weighted by Gasteiger charge is 2.14. The minimum absolute atomic E-state index is 0.256. The molecule has 2 heterocycles. The number of unbranched alkanes of at least 4 members (excludes halogenated alkanes) is 1. The van der Waals surface area contributed by atoms with Crippen LogP contribution in [0.5, 0.6) is 17.5 Å². The van der Waals surface area contributed by atoms with Gasteiger partial charge in [-0.3, -0.25) is 0 Å². The van der Waals surface area contributed by atoms with Gasteiger partial charge in [-0.15, -0.1) is 0 Å². The summed E-state index contributed by atoms with van der Waals surface area (Å²) in [6.45, 7) is 2.06. The van der Waals surface area contributed by atoms with Crippen molar-refractivity contribution in [3.05, 3.63) is 47.0 Å². The van der Waals surface area contributed by atoms with Crippen LogP contribution in [0.2, 0.25) is 5.02 Å². The Labute approximate surface area is 173 Å². The minimum Gasteiger partial charge on any atom is -0.463 e. The van der Waals surface area contributed by atoms with E-state index in [0.717, 1.165) is 40.8 Å². The fraction of sp³-hybridized carbons (Fsp3) is 0.333. The van der Waals surface area contributed by atoms with Crippen molar-refractivity contribution in [1.29, 1.82) is 0 Å². The van der Waals surface area contributed by atoms with Crippen molar-refractivity contribution in [3.63, 3.8) is 0 Å². The maximum absolute atomic E-state index is 6.19. The summed E-state index contributed by atoms with van der Waals surface area (Å²) >= 11 is 6.19. The van der Waals surface area contributed by atoms with E-state index in [9.17, 15) is 0 Å². The molecule has 3 aromatic rings. The van der Waals surface area contributed by atoms with Gasteiger partial charge in [0.1, 0.15) is 5.82 Å². The van der Waals surface area contributed by atoms with Gasteiger partial charge in [-0.05, 0) is 48.7 Å². The standard InChI is InChI=1S/C21H22ClN3O4/c1-26-8-2-3-9-27-21-24-17-6-5-15(22)11-16(17)20(25-21)23-12-14-4-7-18-19(10-14)29-13-28-18/h4-7,10-11H,2-3,8-9,12-13H2,1H3,(H,23,24,25). The van der Waals surface area contributed by atoms with Gasteiger partial charge >= 0.3 is 6.01 Å². The Bertz CT molecular complexity index is 999. The van der Waals surface area contributed by atoms with Crippen LogP contribution in [0.4, 0.5) is 5.82 Å². The molecule has 4 rings (SSSR count). The van der Waals surface area contributed by atoms with E-state index in [1.54, 1.807) is 13.2 Å². The molecule has 0 radical (unpaired) electrons.